The van der Waals surface area contributed by atoms with Crippen molar-refractivity contribution in [3.8, 4) is 0 Å². The average Bonchev–Trinajstić information content (AvgIpc) is 3.26. The van der Waals surface area contributed by atoms with Gasteiger partial charge in [-0.1, -0.05) is 25.8 Å². The summed E-state index contributed by atoms with van der Waals surface area (Å²) in [7, 11) is 2.80. The van der Waals surface area contributed by atoms with Gasteiger partial charge in [0.1, 0.15) is 19.3 Å². The van der Waals surface area contributed by atoms with Gasteiger partial charge in [0.2, 0.25) is 0 Å². The Bertz CT molecular complexity index is 1390. The van der Waals surface area contributed by atoms with Crippen molar-refractivity contribution in [3.05, 3.63) is 72.3 Å². The highest BCUT2D eigenvalue weighted by Gasteiger charge is 2.20. The Labute approximate surface area is 213 Å². The van der Waals surface area contributed by atoms with E-state index >= 15 is 0 Å². The van der Waals surface area contributed by atoms with E-state index in [4.69, 9.17) is 18.6 Å². The molecule has 0 saturated carbocycles. The number of nitrogens with two attached hydrogens (primary N) is 1. The van der Waals surface area contributed by atoms with Crippen LogP contribution >= 0.6 is 0 Å². The van der Waals surface area contributed by atoms with Crippen LogP contribution in [-0.4, -0.2) is 41.6 Å². The van der Waals surface area contributed by atoms with Crippen molar-refractivity contribution in [3.63, 3.8) is 0 Å². The first kappa shape index (κ1) is 25.7. The molecule has 1 atom stereocenters. The number of aromatic nitrogens is 4. The maximum atomic E-state index is 12.8. The number of sulfone groups is 1. The summed E-state index contributed by atoms with van der Waals surface area (Å²) >= 11 is 0. The van der Waals surface area contributed by atoms with Crippen molar-refractivity contribution in [2.75, 3.05) is 16.8 Å². The summed E-state index contributed by atoms with van der Waals surface area (Å²) in [5, 5.41) is 7.82. The molecule has 2 radical (unpaired) electrons. The molecule has 0 aliphatic rings. The number of nitrogens with one attached hydrogen (secondary N) is 1. The maximum absolute atomic E-state index is 12.8. The lowest BCUT2D eigenvalue weighted by atomic mass is 9.93. The molecular weight excluding hydrogens is 471 g/mol. The molecule has 36 heavy (non-hydrogen) atoms. The number of nitrogen functional groups attached to an aromatic ring is 1. The highest BCUT2D eigenvalue weighted by molar-refractivity contribution is 7.91. The molecule has 10 heteroatoms. The van der Waals surface area contributed by atoms with E-state index in [0.29, 0.717) is 41.1 Å². The van der Waals surface area contributed by atoms with Gasteiger partial charge in [0.05, 0.1) is 10.6 Å². The van der Waals surface area contributed by atoms with E-state index in [9.17, 15) is 8.42 Å². The van der Waals surface area contributed by atoms with E-state index in [-0.39, 0.29) is 11.7 Å². The second kappa shape index (κ2) is 11.6. The van der Waals surface area contributed by atoms with Crippen molar-refractivity contribution in [2.45, 2.75) is 56.4 Å². The Morgan fingerprint density at radius 2 is 1.89 bits per heavy atom. The quantitative estimate of drug-likeness (QED) is 0.225. The number of hydrogen-bond donors (Lipinski definition) is 2. The Hall–Kier alpha value is -3.40. The molecular formula is C26H31BN6O2S. The largest absolute Gasteiger partial charge is 0.399 e. The molecule has 8 nitrogen and oxygen atoms in total. The number of pyridine rings is 1. The molecule has 0 fully saturated rings. The molecule has 0 bridgehead atoms. The van der Waals surface area contributed by atoms with Crippen LogP contribution < -0.4 is 16.5 Å². The van der Waals surface area contributed by atoms with Crippen LogP contribution in [0.25, 0.3) is 5.65 Å². The minimum atomic E-state index is -3.38. The van der Waals surface area contributed by atoms with Crippen LogP contribution in [0.5, 0.6) is 0 Å². The zero-order valence-corrected chi connectivity index (χ0v) is 21.3. The summed E-state index contributed by atoms with van der Waals surface area (Å²) < 4.78 is 27.4. The van der Waals surface area contributed by atoms with Crippen molar-refractivity contribution in [1.82, 2.24) is 19.6 Å². The molecule has 0 saturated heterocycles. The summed E-state index contributed by atoms with van der Waals surface area (Å²) in [4.78, 5) is 9.32. The molecule has 3 N–H and O–H groups in total. The van der Waals surface area contributed by atoms with Crippen molar-refractivity contribution < 1.29 is 8.42 Å². The third-order valence-corrected chi connectivity index (χ3v) is 8.06. The Kier molecular flexibility index (Phi) is 8.25. The lowest BCUT2D eigenvalue weighted by Crippen LogP contribution is -2.14. The van der Waals surface area contributed by atoms with E-state index < -0.39 is 9.84 Å². The SMILES string of the molecule is [B]c1cnn2c(NCc3cccnc3)cc(C(CCCC)CCCS(=O)(=O)c3ccc(N)cc3)nc12. The molecule has 0 amide bonds. The fraction of sp³-hybridized carbons (Fsp3) is 0.346. The fourth-order valence-electron chi connectivity index (χ4n) is 4.23. The number of fused-ring (bicyclic) bond motifs is 1. The number of rotatable bonds is 12. The molecule has 4 rings (SSSR count). The lowest BCUT2D eigenvalue weighted by Gasteiger charge is -2.19. The summed E-state index contributed by atoms with van der Waals surface area (Å²) in [6, 6.07) is 12.3. The smallest absolute Gasteiger partial charge is 0.178 e. The van der Waals surface area contributed by atoms with Crippen LogP contribution in [0.2, 0.25) is 0 Å². The van der Waals surface area contributed by atoms with Gasteiger partial charge in [-0.15, -0.1) is 0 Å². The van der Waals surface area contributed by atoms with Crippen molar-refractivity contribution in [1.29, 1.82) is 0 Å². The van der Waals surface area contributed by atoms with Crippen LogP contribution in [0.1, 0.15) is 56.2 Å². The molecule has 0 aliphatic carbocycles. The average molecular weight is 502 g/mol. The van der Waals surface area contributed by atoms with E-state index in [1.54, 1.807) is 41.2 Å². The van der Waals surface area contributed by atoms with Crippen LogP contribution in [0.15, 0.2) is 66.0 Å². The zero-order valence-electron chi connectivity index (χ0n) is 20.5. The molecule has 1 aromatic carbocycles. The first-order chi connectivity index (χ1) is 17.4. The molecule has 3 aromatic heterocycles. The van der Waals surface area contributed by atoms with Crippen LogP contribution in [-0.2, 0) is 16.4 Å². The second-order valence-electron chi connectivity index (χ2n) is 8.99. The third kappa shape index (κ3) is 6.23. The van der Waals surface area contributed by atoms with E-state index in [1.807, 2.05) is 24.4 Å². The van der Waals surface area contributed by atoms with E-state index in [0.717, 1.165) is 36.3 Å². The number of anilines is 2. The Balaban J connectivity index is 1.55. The summed E-state index contributed by atoms with van der Waals surface area (Å²) in [5.74, 6) is 0.958. The van der Waals surface area contributed by atoms with Gasteiger partial charge < -0.3 is 11.1 Å². The van der Waals surface area contributed by atoms with Crippen molar-refractivity contribution in [2.24, 2.45) is 0 Å². The normalized spacial score (nSPS) is 12.6. The Morgan fingerprint density at radius 3 is 2.61 bits per heavy atom. The highest BCUT2D eigenvalue weighted by Crippen LogP contribution is 2.29. The zero-order chi connectivity index (χ0) is 25.5. The topological polar surface area (TPSA) is 115 Å². The molecule has 0 aliphatic heterocycles. The van der Waals surface area contributed by atoms with Gasteiger partial charge in [0.25, 0.3) is 0 Å². The number of benzene rings is 1. The van der Waals surface area contributed by atoms with Gasteiger partial charge in [0, 0.05) is 48.5 Å². The van der Waals surface area contributed by atoms with Gasteiger partial charge in [-0.2, -0.15) is 9.61 Å². The minimum absolute atomic E-state index is 0.0721. The first-order valence-electron chi connectivity index (χ1n) is 12.2. The fourth-order valence-corrected chi connectivity index (χ4v) is 5.57. The van der Waals surface area contributed by atoms with Crippen LogP contribution in [0.3, 0.4) is 0 Å². The van der Waals surface area contributed by atoms with Gasteiger partial charge in [-0.3, -0.25) is 4.98 Å². The lowest BCUT2D eigenvalue weighted by molar-refractivity contribution is 0.526. The highest BCUT2D eigenvalue weighted by atomic mass is 32.2. The molecule has 1 unspecified atom stereocenters. The van der Waals surface area contributed by atoms with E-state index in [2.05, 4.69) is 22.3 Å². The summed E-state index contributed by atoms with van der Waals surface area (Å²) in [5.41, 5.74) is 9.28. The molecule has 186 valence electrons. The third-order valence-electron chi connectivity index (χ3n) is 6.24. The minimum Gasteiger partial charge on any atom is -0.399 e. The molecule has 3 heterocycles. The second-order valence-corrected chi connectivity index (χ2v) is 11.1. The van der Waals surface area contributed by atoms with Gasteiger partial charge in [-0.05, 0) is 60.6 Å². The number of unbranched alkanes of at least 4 members (excludes halogenated alkanes) is 1. The predicted octanol–water partition coefficient (Wildman–Crippen LogP) is 3.64. The molecule has 0 spiro atoms. The number of hydrogen-bond acceptors (Lipinski definition) is 7. The van der Waals surface area contributed by atoms with Gasteiger partial charge >= 0.3 is 0 Å². The van der Waals surface area contributed by atoms with E-state index in [1.165, 1.54) is 0 Å². The van der Waals surface area contributed by atoms with Gasteiger partial charge in [-0.25, -0.2) is 13.4 Å². The first-order valence-corrected chi connectivity index (χ1v) is 13.9. The monoisotopic (exact) mass is 502 g/mol. The number of nitrogens with zero attached hydrogens (tertiary/aromatic N) is 4. The maximum Gasteiger partial charge on any atom is 0.178 e. The van der Waals surface area contributed by atoms with Crippen LogP contribution in [0, 0.1) is 0 Å². The van der Waals surface area contributed by atoms with Crippen molar-refractivity contribution >= 4 is 40.3 Å². The Morgan fingerprint density at radius 1 is 1.11 bits per heavy atom. The predicted molar refractivity (Wildman–Crippen MR) is 144 cm³/mol. The molecule has 4 aromatic rings. The standard InChI is InChI=1S/C26H31BN6O2S/c1-2-3-7-20(8-5-14-36(34,35)22-11-9-21(28)10-12-22)24-15-25(30-17-19-6-4-13-29-16-19)33-26(32-24)23(27)18-31-33/h4,6,9-13,15-16,18,20,30H,2-3,5,7-8,14,17,28H2,1H3. The van der Waals surface area contributed by atoms with Crippen LogP contribution in [0.4, 0.5) is 11.5 Å². The van der Waals surface area contributed by atoms with Gasteiger partial charge in [0.15, 0.2) is 9.84 Å². The summed E-state index contributed by atoms with van der Waals surface area (Å²) in [6.45, 7) is 2.72. The summed E-state index contributed by atoms with van der Waals surface area (Å²) in [6.07, 6.45) is 9.37.